The minimum Gasteiger partial charge on any atom is -0.478 e. The molecule has 4 rings (SSSR count). The third kappa shape index (κ3) is 6.91. The summed E-state index contributed by atoms with van der Waals surface area (Å²) >= 11 is 1.19. The number of rotatable bonds is 10. The summed E-state index contributed by atoms with van der Waals surface area (Å²) in [6.45, 7) is 1.11. The molecule has 3 N–H and O–H groups in total. The second-order valence-electron chi connectivity index (χ2n) is 8.36. The maximum Gasteiger partial charge on any atom is 0.339 e. The first kappa shape index (κ1) is 25.8. The number of aryl methyl sites for hydroxylation is 1. The maximum atomic E-state index is 12.4. The van der Waals surface area contributed by atoms with Crippen molar-refractivity contribution in [3.63, 3.8) is 0 Å². The van der Waals surface area contributed by atoms with Crippen LogP contribution in [0.25, 0.3) is 11.1 Å². The van der Waals surface area contributed by atoms with Crippen LogP contribution >= 0.6 is 11.3 Å². The molecule has 0 bridgehead atoms. The van der Waals surface area contributed by atoms with Gasteiger partial charge in [-0.05, 0) is 42.2 Å². The van der Waals surface area contributed by atoms with E-state index in [1.54, 1.807) is 0 Å². The van der Waals surface area contributed by atoms with E-state index in [1.165, 1.54) is 16.9 Å². The molecule has 0 aliphatic heterocycles. The zero-order valence-corrected chi connectivity index (χ0v) is 21.0. The van der Waals surface area contributed by atoms with Crippen molar-refractivity contribution < 1.29 is 24.2 Å². The number of carbonyl (C=O) groups excluding carboxylic acids is 2. The molecular weight excluding hydrogens is 488 g/mol. The summed E-state index contributed by atoms with van der Waals surface area (Å²) in [5.41, 5.74) is 4.32. The molecule has 4 aromatic rings. The van der Waals surface area contributed by atoms with Gasteiger partial charge in [-0.2, -0.15) is 0 Å². The Bertz CT molecular complexity index is 1380. The molecule has 37 heavy (non-hydrogen) atoms. The van der Waals surface area contributed by atoms with E-state index in [0.717, 1.165) is 22.4 Å². The number of carboxylic acids is 1. The van der Waals surface area contributed by atoms with Gasteiger partial charge >= 0.3 is 5.97 Å². The Kier molecular flexibility index (Phi) is 8.45. The van der Waals surface area contributed by atoms with Gasteiger partial charge in [-0.25, -0.2) is 4.79 Å². The molecule has 7 nitrogen and oxygen atoms in total. The normalized spacial score (nSPS) is 10.6. The van der Waals surface area contributed by atoms with Crippen LogP contribution < -0.4 is 10.6 Å². The van der Waals surface area contributed by atoms with E-state index in [4.69, 9.17) is 4.74 Å². The highest BCUT2D eigenvalue weighted by atomic mass is 32.1. The smallest absolute Gasteiger partial charge is 0.339 e. The summed E-state index contributed by atoms with van der Waals surface area (Å²) in [7, 11) is 0. The first-order valence-electron chi connectivity index (χ1n) is 11.6. The largest absolute Gasteiger partial charge is 0.478 e. The number of carboxylic acid groups (broad SMARTS) is 1. The van der Waals surface area contributed by atoms with E-state index in [0.29, 0.717) is 11.3 Å². The lowest BCUT2D eigenvalue weighted by Gasteiger charge is -2.08. The number of aromatic carboxylic acids is 1. The number of amides is 2. The molecule has 0 radical (unpaired) electrons. The molecule has 0 atom stereocenters. The average Bonchev–Trinajstić information content (AvgIpc) is 3.22. The Labute approximate surface area is 218 Å². The molecule has 0 saturated heterocycles. The van der Waals surface area contributed by atoms with Gasteiger partial charge in [0.25, 0.3) is 5.91 Å². The first-order chi connectivity index (χ1) is 17.9. The molecule has 8 heteroatoms. The van der Waals surface area contributed by atoms with Gasteiger partial charge in [0, 0.05) is 16.1 Å². The van der Waals surface area contributed by atoms with Gasteiger partial charge in [0.2, 0.25) is 5.91 Å². The van der Waals surface area contributed by atoms with Crippen molar-refractivity contribution in [3.8, 4) is 11.1 Å². The van der Waals surface area contributed by atoms with E-state index in [-0.39, 0.29) is 23.8 Å². The number of carbonyl (C=O) groups is 3. The van der Waals surface area contributed by atoms with E-state index in [1.807, 2.05) is 79.7 Å². The Hall–Kier alpha value is -4.27. The van der Waals surface area contributed by atoms with Crippen molar-refractivity contribution in [1.82, 2.24) is 0 Å². The maximum absolute atomic E-state index is 12.4. The van der Waals surface area contributed by atoms with E-state index < -0.39 is 17.8 Å². The highest BCUT2D eigenvalue weighted by Gasteiger charge is 2.24. The highest BCUT2D eigenvalue weighted by Crippen LogP contribution is 2.39. The zero-order chi connectivity index (χ0) is 26.2. The summed E-state index contributed by atoms with van der Waals surface area (Å²) in [4.78, 5) is 37.4. The lowest BCUT2D eigenvalue weighted by molar-refractivity contribution is -0.125. The molecular formula is C29H26N2O5S. The van der Waals surface area contributed by atoms with Crippen LogP contribution in [-0.4, -0.2) is 36.1 Å². The average molecular weight is 515 g/mol. The van der Waals surface area contributed by atoms with Crippen molar-refractivity contribution >= 4 is 39.8 Å². The lowest BCUT2D eigenvalue weighted by Crippen LogP contribution is -2.24. The van der Waals surface area contributed by atoms with Crippen LogP contribution in [0, 0.1) is 6.92 Å². The van der Waals surface area contributed by atoms with E-state index in [9.17, 15) is 19.5 Å². The fraction of sp³-hybridized carbons (Fsp3) is 0.138. The fourth-order valence-corrected chi connectivity index (χ4v) is 5.01. The molecule has 188 valence electrons. The van der Waals surface area contributed by atoms with E-state index in [2.05, 4.69) is 22.8 Å². The van der Waals surface area contributed by atoms with Crippen molar-refractivity contribution in [3.05, 3.63) is 106 Å². The number of thiophene rings is 1. The van der Waals surface area contributed by atoms with Crippen LogP contribution in [0.4, 0.5) is 10.7 Å². The Morgan fingerprint density at radius 2 is 1.35 bits per heavy atom. The number of ether oxygens (including phenoxy) is 1. The Morgan fingerprint density at radius 3 is 1.97 bits per heavy atom. The number of benzene rings is 3. The van der Waals surface area contributed by atoms with Crippen LogP contribution in [0.3, 0.4) is 0 Å². The SMILES string of the molecule is Cc1sc(NC(=O)COCC(=O)Nc2ccc(Cc3ccccc3)cc2)c(C(=O)O)c1-c1ccccc1. The van der Waals surface area contributed by atoms with Crippen molar-refractivity contribution in [2.45, 2.75) is 13.3 Å². The molecule has 0 saturated carbocycles. The van der Waals surface area contributed by atoms with Crippen LogP contribution in [0.2, 0.25) is 0 Å². The quantitative estimate of drug-likeness (QED) is 0.255. The number of anilines is 2. The second kappa shape index (κ2) is 12.1. The van der Waals surface area contributed by atoms with Crippen LogP contribution in [0.1, 0.15) is 26.4 Å². The van der Waals surface area contributed by atoms with Crippen molar-refractivity contribution in [1.29, 1.82) is 0 Å². The molecule has 0 aliphatic rings. The number of hydrogen-bond donors (Lipinski definition) is 3. The summed E-state index contributed by atoms with van der Waals surface area (Å²) in [6.07, 6.45) is 0.799. The van der Waals surface area contributed by atoms with Gasteiger partial charge in [0.05, 0.1) is 0 Å². The molecule has 3 aromatic carbocycles. The highest BCUT2D eigenvalue weighted by molar-refractivity contribution is 7.17. The number of hydrogen-bond acceptors (Lipinski definition) is 5. The standard InChI is InChI=1S/C29H26N2O5S/c1-19-26(22-10-6-3-7-11-22)27(29(34)35)28(37-19)31-25(33)18-36-17-24(32)30-23-14-12-21(13-15-23)16-20-8-4-2-5-9-20/h2-15H,16-18H2,1H3,(H,30,32)(H,31,33)(H,34,35). The Morgan fingerprint density at radius 1 is 0.784 bits per heavy atom. The summed E-state index contributed by atoms with van der Waals surface area (Å²) in [5, 5.41) is 15.4. The summed E-state index contributed by atoms with van der Waals surface area (Å²) in [6, 6.07) is 26.8. The van der Waals surface area contributed by atoms with Crippen LogP contribution in [0.15, 0.2) is 84.9 Å². The third-order valence-corrected chi connectivity index (χ3v) is 6.59. The van der Waals surface area contributed by atoms with Crippen LogP contribution in [0.5, 0.6) is 0 Å². The minimum atomic E-state index is -1.13. The fourth-order valence-electron chi connectivity index (χ4n) is 3.92. The summed E-state index contributed by atoms with van der Waals surface area (Å²) in [5.74, 6) is -2.07. The molecule has 0 unspecified atom stereocenters. The first-order valence-corrected chi connectivity index (χ1v) is 12.4. The lowest BCUT2D eigenvalue weighted by atomic mass is 10.0. The third-order valence-electron chi connectivity index (χ3n) is 5.57. The topological polar surface area (TPSA) is 105 Å². The van der Waals surface area contributed by atoms with Gasteiger partial charge in [0.15, 0.2) is 0 Å². The molecule has 1 aromatic heterocycles. The van der Waals surface area contributed by atoms with Gasteiger partial charge < -0.3 is 20.5 Å². The molecule has 0 aliphatic carbocycles. The minimum absolute atomic E-state index is 0.0375. The molecule has 0 spiro atoms. The number of nitrogens with one attached hydrogen (secondary N) is 2. The molecule has 1 heterocycles. The molecule has 0 fully saturated rings. The predicted molar refractivity (Wildman–Crippen MR) is 145 cm³/mol. The van der Waals surface area contributed by atoms with E-state index >= 15 is 0 Å². The second-order valence-corrected chi connectivity index (χ2v) is 9.58. The van der Waals surface area contributed by atoms with Gasteiger partial charge in [-0.1, -0.05) is 72.8 Å². The summed E-state index contributed by atoms with van der Waals surface area (Å²) < 4.78 is 5.26. The van der Waals surface area contributed by atoms with Gasteiger partial charge in [0.1, 0.15) is 23.8 Å². The van der Waals surface area contributed by atoms with Crippen molar-refractivity contribution in [2.75, 3.05) is 23.8 Å². The molecule has 2 amide bonds. The van der Waals surface area contributed by atoms with Gasteiger partial charge in [-0.3, -0.25) is 9.59 Å². The predicted octanol–water partition coefficient (Wildman–Crippen LogP) is 5.61. The Balaban J connectivity index is 1.28. The van der Waals surface area contributed by atoms with Crippen LogP contribution in [-0.2, 0) is 20.7 Å². The van der Waals surface area contributed by atoms with Crippen molar-refractivity contribution in [2.24, 2.45) is 0 Å². The zero-order valence-electron chi connectivity index (χ0n) is 20.2. The van der Waals surface area contributed by atoms with Gasteiger partial charge in [-0.15, -0.1) is 11.3 Å². The monoisotopic (exact) mass is 514 g/mol.